The van der Waals surface area contributed by atoms with Crippen molar-refractivity contribution in [2.24, 2.45) is 0 Å². The molecule has 5 rings (SSSR count). The Balaban J connectivity index is 1.41. The van der Waals surface area contributed by atoms with Gasteiger partial charge in [0.15, 0.2) is 16.4 Å². The molecule has 2 heterocycles. The third-order valence-electron chi connectivity index (χ3n) is 5.23. The molecule has 0 unspecified atom stereocenters. The zero-order valence-corrected chi connectivity index (χ0v) is 17.6. The lowest BCUT2D eigenvalue weighted by atomic mass is 10.1. The van der Waals surface area contributed by atoms with E-state index in [1.54, 1.807) is 6.07 Å². The molecular formula is C23H18FN3O4S. The maximum Gasteiger partial charge on any atom is 0.263 e. The van der Waals surface area contributed by atoms with Crippen molar-refractivity contribution >= 4 is 32.3 Å². The third kappa shape index (κ3) is 3.82. The van der Waals surface area contributed by atoms with E-state index in [1.165, 1.54) is 28.9 Å². The smallest absolute Gasteiger partial charge is 0.263 e. The number of fused-ring (bicyclic) bond motifs is 2. The van der Waals surface area contributed by atoms with Gasteiger partial charge < -0.3 is 10.1 Å². The van der Waals surface area contributed by atoms with Gasteiger partial charge in [0.25, 0.3) is 5.91 Å². The average Bonchev–Trinajstić information content (AvgIpc) is 3.25. The Hall–Kier alpha value is -3.72. The Labute approximate surface area is 183 Å². The van der Waals surface area contributed by atoms with Crippen LogP contribution in [0.15, 0.2) is 66.7 Å². The average molecular weight is 451 g/mol. The molecule has 9 heteroatoms. The van der Waals surface area contributed by atoms with Crippen LogP contribution < -0.4 is 10.1 Å². The minimum atomic E-state index is -3.32. The van der Waals surface area contributed by atoms with Gasteiger partial charge in [0.2, 0.25) is 0 Å². The molecular weight excluding hydrogens is 433 g/mol. The predicted octanol–water partition coefficient (Wildman–Crippen LogP) is 3.61. The number of aromatic nitrogens is 2. The van der Waals surface area contributed by atoms with Gasteiger partial charge in [-0.05, 0) is 35.7 Å². The second-order valence-corrected chi connectivity index (χ2v) is 9.57. The highest BCUT2D eigenvalue weighted by Crippen LogP contribution is 2.33. The molecule has 0 radical (unpaired) electrons. The van der Waals surface area contributed by atoms with Gasteiger partial charge in [-0.15, -0.1) is 0 Å². The highest BCUT2D eigenvalue weighted by atomic mass is 32.2. The topological polar surface area (TPSA) is 90.3 Å². The number of hydrogen-bond acceptors (Lipinski definition) is 5. The molecule has 162 valence electrons. The monoisotopic (exact) mass is 451 g/mol. The number of amides is 1. The molecule has 1 aliphatic rings. The Morgan fingerprint density at radius 1 is 1.03 bits per heavy atom. The lowest BCUT2D eigenvalue weighted by Crippen LogP contribution is -2.23. The van der Waals surface area contributed by atoms with E-state index in [2.05, 4.69) is 10.4 Å². The first-order valence-electron chi connectivity index (χ1n) is 9.87. The van der Waals surface area contributed by atoms with Crippen molar-refractivity contribution in [3.05, 3.63) is 83.8 Å². The fourth-order valence-electron chi connectivity index (χ4n) is 3.77. The van der Waals surface area contributed by atoms with Crippen LogP contribution in [-0.2, 0) is 26.1 Å². The first-order valence-corrected chi connectivity index (χ1v) is 11.7. The van der Waals surface area contributed by atoms with E-state index in [-0.39, 0.29) is 23.9 Å². The second kappa shape index (κ2) is 7.76. The molecule has 0 saturated carbocycles. The van der Waals surface area contributed by atoms with Crippen molar-refractivity contribution in [2.45, 2.75) is 11.5 Å². The summed E-state index contributed by atoms with van der Waals surface area (Å²) in [7, 11) is -3.32. The lowest BCUT2D eigenvalue weighted by Gasteiger charge is -2.12. The van der Waals surface area contributed by atoms with Crippen molar-refractivity contribution < 1.29 is 22.3 Å². The third-order valence-corrected chi connectivity index (χ3v) is 6.67. The number of nitrogens with zero attached hydrogens (tertiary/aromatic N) is 2. The number of anilines is 1. The van der Waals surface area contributed by atoms with Crippen LogP contribution >= 0.6 is 0 Å². The summed E-state index contributed by atoms with van der Waals surface area (Å²) in [5.41, 5.74) is 1.32. The van der Waals surface area contributed by atoms with E-state index in [4.69, 9.17) is 4.74 Å². The first-order chi connectivity index (χ1) is 15.4. The zero-order valence-electron chi connectivity index (χ0n) is 16.8. The largest absolute Gasteiger partial charge is 0.483 e. The van der Waals surface area contributed by atoms with Gasteiger partial charge in [-0.3, -0.25) is 4.79 Å². The predicted molar refractivity (Wildman–Crippen MR) is 118 cm³/mol. The van der Waals surface area contributed by atoms with Crippen molar-refractivity contribution in [1.82, 2.24) is 9.78 Å². The highest BCUT2D eigenvalue weighted by molar-refractivity contribution is 7.90. The summed E-state index contributed by atoms with van der Waals surface area (Å²) in [5.74, 6) is -0.481. The number of halogens is 1. The summed E-state index contributed by atoms with van der Waals surface area (Å²) in [6.07, 6.45) is 0. The number of carbonyl (C=O) groups excluding carboxylic acids is 1. The standard InChI is InChI=1S/C23H18FN3O4S/c24-16-8-10-17(11-9-16)27-23(19-13-32(29,30)14-20(19)26-27)25-22(28)12-31-21-7-3-5-15-4-1-2-6-18(15)21/h1-11H,12-14H2,(H,25,28). The maximum absolute atomic E-state index is 13.4. The SMILES string of the molecule is O=C(COc1cccc2ccccc12)Nc1c2c(nn1-c1ccc(F)cc1)CS(=O)(=O)C2. The number of rotatable bonds is 5. The molecule has 3 aromatic carbocycles. The molecule has 0 bridgehead atoms. The number of hydrogen-bond donors (Lipinski definition) is 1. The van der Waals surface area contributed by atoms with Gasteiger partial charge in [-0.1, -0.05) is 36.4 Å². The van der Waals surface area contributed by atoms with Crippen LogP contribution in [0, 0.1) is 5.82 Å². The van der Waals surface area contributed by atoms with Gasteiger partial charge in [0.1, 0.15) is 17.4 Å². The minimum Gasteiger partial charge on any atom is -0.483 e. The fraction of sp³-hybridized carbons (Fsp3) is 0.130. The molecule has 7 nitrogen and oxygen atoms in total. The van der Waals surface area contributed by atoms with Crippen molar-refractivity contribution in [3.8, 4) is 11.4 Å². The quantitative estimate of drug-likeness (QED) is 0.501. The van der Waals surface area contributed by atoms with Crippen molar-refractivity contribution in [3.63, 3.8) is 0 Å². The van der Waals surface area contributed by atoms with Crippen LogP contribution in [-0.4, -0.2) is 30.7 Å². The lowest BCUT2D eigenvalue weighted by molar-refractivity contribution is -0.118. The molecule has 1 aliphatic heterocycles. The highest BCUT2D eigenvalue weighted by Gasteiger charge is 2.33. The molecule has 1 aromatic heterocycles. The van der Waals surface area contributed by atoms with Crippen LogP contribution in [0.2, 0.25) is 0 Å². The van der Waals surface area contributed by atoms with E-state index >= 15 is 0 Å². The number of carbonyl (C=O) groups is 1. The normalized spacial score (nSPS) is 14.3. The number of nitrogens with one attached hydrogen (secondary N) is 1. The van der Waals surface area contributed by atoms with Gasteiger partial charge in [0, 0.05) is 10.9 Å². The maximum atomic E-state index is 13.4. The molecule has 0 atom stereocenters. The van der Waals surface area contributed by atoms with Crippen LogP contribution in [0.5, 0.6) is 5.75 Å². The van der Waals surface area contributed by atoms with E-state index < -0.39 is 21.6 Å². The molecule has 32 heavy (non-hydrogen) atoms. The molecule has 0 fully saturated rings. The number of ether oxygens (including phenoxy) is 1. The Morgan fingerprint density at radius 3 is 2.59 bits per heavy atom. The van der Waals surface area contributed by atoms with E-state index in [9.17, 15) is 17.6 Å². The van der Waals surface area contributed by atoms with Gasteiger partial charge in [0.05, 0.1) is 22.9 Å². The van der Waals surface area contributed by atoms with Crippen LogP contribution in [0.4, 0.5) is 10.2 Å². The van der Waals surface area contributed by atoms with E-state index in [0.717, 1.165) is 10.8 Å². The zero-order chi connectivity index (χ0) is 22.3. The summed E-state index contributed by atoms with van der Waals surface area (Å²) in [5, 5.41) is 8.97. The number of sulfone groups is 1. The van der Waals surface area contributed by atoms with Crippen LogP contribution in [0.25, 0.3) is 16.5 Å². The molecule has 1 N–H and O–H groups in total. The molecule has 0 spiro atoms. The summed E-state index contributed by atoms with van der Waals surface area (Å²) >= 11 is 0. The molecule has 1 amide bonds. The van der Waals surface area contributed by atoms with Crippen LogP contribution in [0.3, 0.4) is 0 Å². The summed E-state index contributed by atoms with van der Waals surface area (Å²) < 4.78 is 44.7. The second-order valence-electron chi connectivity index (χ2n) is 7.51. The Bertz CT molecular complexity index is 1440. The van der Waals surface area contributed by atoms with Crippen molar-refractivity contribution in [1.29, 1.82) is 0 Å². The first kappa shape index (κ1) is 20.2. The van der Waals surface area contributed by atoms with E-state index in [1.807, 2.05) is 36.4 Å². The molecule has 0 saturated heterocycles. The number of benzene rings is 3. The molecule has 0 aliphatic carbocycles. The Morgan fingerprint density at radius 2 is 1.78 bits per heavy atom. The van der Waals surface area contributed by atoms with Gasteiger partial charge in [-0.25, -0.2) is 17.5 Å². The fourth-order valence-corrected chi connectivity index (χ4v) is 5.27. The van der Waals surface area contributed by atoms with Crippen LogP contribution in [0.1, 0.15) is 11.3 Å². The summed E-state index contributed by atoms with van der Waals surface area (Å²) in [4.78, 5) is 12.7. The van der Waals surface area contributed by atoms with Gasteiger partial charge in [-0.2, -0.15) is 5.10 Å². The van der Waals surface area contributed by atoms with Crippen molar-refractivity contribution in [2.75, 3.05) is 11.9 Å². The Kier molecular flexibility index (Phi) is 4.90. The van der Waals surface area contributed by atoms with E-state index in [0.29, 0.717) is 22.7 Å². The summed E-state index contributed by atoms with van der Waals surface area (Å²) in [6.45, 7) is -0.274. The molecule has 4 aromatic rings. The minimum absolute atomic E-state index is 0.202. The van der Waals surface area contributed by atoms with Gasteiger partial charge >= 0.3 is 0 Å². The summed E-state index contributed by atoms with van der Waals surface area (Å²) in [6, 6.07) is 18.8.